The molecular weight excluding hydrogens is 234 g/mol. The second-order valence-electron chi connectivity index (χ2n) is 7.07. The first kappa shape index (κ1) is 15.3. The molecule has 3 nitrogen and oxygen atoms in total. The quantitative estimate of drug-likeness (QED) is 0.822. The van der Waals surface area contributed by atoms with Crippen LogP contribution < -0.4 is 5.32 Å². The molecule has 1 saturated carbocycles. The van der Waals surface area contributed by atoms with Crippen LogP contribution in [0.3, 0.4) is 0 Å². The molecule has 2 aliphatic rings. The van der Waals surface area contributed by atoms with Crippen molar-refractivity contribution < 1.29 is 0 Å². The Balaban J connectivity index is 1.82. The third kappa shape index (κ3) is 4.17. The van der Waals surface area contributed by atoms with Crippen LogP contribution in [-0.2, 0) is 0 Å². The Kier molecular flexibility index (Phi) is 5.67. The predicted molar refractivity (Wildman–Crippen MR) is 82.5 cm³/mol. The lowest BCUT2D eigenvalue weighted by molar-refractivity contribution is 0.0853. The van der Waals surface area contributed by atoms with Gasteiger partial charge in [-0.15, -0.1) is 0 Å². The zero-order valence-corrected chi connectivity index (χ0v) is 13.4. The van der Waals surface area contributed by atoms with Crippen LogP contribution in [0.2, 0.25) is 0 Å². The van der Waals surface area contributed by atoms with E-state index in [4.69, 9.17) is 0 Å². The van der Waals surface area contributed by atoms with Gasteiger partial charge < -0.3 is 10.2 Å². The number of rotatable bonds is 5. The van der Waals surface area contributed by atoms with Gasteiger partial charge in [-0.2, -0.15) is 0 Å². The Morgan fingerprint density at radius 3 is 2.32 bits per heavy atom. The monoisotopic (exact) mass is 267 g/mol. The summed E-state index contributed by atoms with van der Waals surface area (Å²) in [6.07, 6.45) is 4.22. The van der Waals surface area contributed by atoms with Crippen LogP contribution in [0.1, 0.15) is 40.0 Å². The number of nitrogens with one attached hydrogen (secondary N) is 1. The molecule has 0 aromatic carbocycles. The van der Waals surface area contributed by atoms with E-state index in [0.29, 0.717) is 6.04 Å². The summed E-state index contributed by atoms with van der Waals surface area (Å²) in [7, 11) is 2.24. The van der Waals surface area contributed by atoms with Gasteiger partial charge in [0.25, 0.3) is 0 Å². The summed E-state index contributed by atoms with van der Waals surface area (Å²) in [5, 5.41) is 3.87. The highest BCUT2D eigenvalue weighted by molar-refractivity contribution is 4.86. The van der Waals surface area contributed by atoms with Gasteiger partial charge in [0.2, 0.25) is 0 Å². The van der Waals surface area contributed by atoms with Crippen molar-refractivity contribution in [3.05, 3.63) is 0 Å². The Morgan fingerprint density at radius 1 is 1.11 bits per heavy atom. The molecular formula is C16H33N3. The van der Waals surface area contributed by atoms with Gasteiger partial charge in [0.15, 0.2) is 0 Å². The normalized spacial score (nSPS) is 32.1. The molecule has 1 aliphatic carbocycles. The molecule has 3 unspecified atom stereocenters. The molecule has 0 amide bonds. The summed E-state index contributed by atoms with van der Waals surface area (Å²) in [6.45, 7) is 13.3. The average Bonchev–Trinajstić information content (AvgIpc) is 2.77. The van der Waals surface area contributed by atoms with Crippen molar-refractivity contribution in [2.75, 3.05) is 39.8 Å². The maximum Gasteiger partial charge on any atom is 0.0244 e. The summed E-state index contributed by atoms with van der Waals surface area (Å²) >= 11 is 0. The molecule has 1 heterocycles. The molecule has 0 aromatic heterocycles. The Bertz CT molecular complexity index is 259. The number of piperazine rings is 1. The minimum absolute atomic E-state index is 0.710. The maximum absolute atomic E-state index is 3.87. The molecule has 2 fully saturated rings. The zero-order chi connectivity index (χ0) is 13.8. The minimum atomic E-state index is 0.710. The van der Waals surface area contributed by atoms with Gasteiger partial charge in [-0.3, -0.25) is 4.90 Å². The van der Waals surface area contributed by atoms with Crippen LogP contribution in [0, 0.1) is 11.8 Å². The average molecular weight is 267 g/mol. The molecule has 1 aliphatic heterocycles. The van der Waals surface area contributed by atoms with E-state index >= 15 is 0 Å². The summed E-state index contributed by atoms with van der Waals surface area (Å²) in [6, 6.07) is 1.48. The first-order valence-corrected chi connectivity index (χ1v) is 8.24. The van der Waals surface area contributed by atoms with Crippen LogP contribution in [0.25, 0.3) is 0 Å². The lowest BCUT2D eigenvalue weighted by atomic mass is 10.00. The van der Waals surface area contributed by atoms with Crippen LogP contribution in [0.4, 0.5) is 0 Å². The molecule has 1 saturated heterocycles. The molecule has 3 heteroatoms. The van der Waals surface area contributed by atoms with E-state index < -0.39 is 0 Å². The van der Waals surface area contributed by atoms with Crippen molar-refractivity contribution in [3.8, 4) is 0 Å². The highest BCUT2D eigenvalue weighted by Crippen LogP contribution is 2.25. The highest BCUT2D eigenvalue weighted by atomic mass is 15.3. The number of hydrogen-bond donors (Lipinski definition) is 1. The van der Waals surface area contributed by atoms with Crippen LogP contribution >= 0.6 is 0 Å². The van der Waals surface area contributed by atoms with Crippen LogP contribution in [0.15, 0.2) is 0 Å². The van der Waals surface area contributed by atoms with E-state index in [-0.39, 0.29) is 0 Å². The second-order valence-corrected chi connectivity index (χ2v) is 7.07. The van der Waals surface area contributed by atoms with E-state index in [0.717, 1.165) is 17.9 Å². The maximum atomic E-state index is 3.87. The second kappa shape index (κ2) is 7.05. The number of nitrogens with zero attached hydrogens (tertiary/aromatic N) is 2. The fourth-order valence-corrected chi connectivity index (χ4v) is 3.66. The van der Waals surface area contributed by atoms with Crippen LogP contribution in [-0.4, -0.2) is 61.7 Å². The van der Waals surface area contributed by atoms with Gasteiger partial charge in [0.1, 0.15) is 0 Å². The molecule has 3 atom stereocenters. The summed E-state index contributed by atoms with van der Waals surface area (Å²) in [5.74, 6) is 1.62. The third-order valence-corrected chi connectivity index (χ3v) is 5.23. The first-order chi connectivity index (χ1) is 9.08. The molecule has 2 rings (SSSR count). The van der Waals surface area contributed by atoms with Crippen molar-refractivity contribution >= 4 is 0 Å². The SMILES string of the molecule is CC(C)C(CNC1CCCC1C)N1CCN(C)CC1. The van der Waals surface area contributed by atoms with Gasteiger partial charge in [0, 0.05) is 44.8 Å². The van der Waals surface area contributed by atoms with Crippen molar-refractivity contribution in [1.29, 1.82) is 0 Å². The molecule has 0 bridgehead atoms. The molecule has 112 valence electrons. The molecule has 19 heavy (non-hydrogen) atoms. The molecule has 0 spiro atoms. The fourth-order valence-electron chi connectivity index (χ4n) is 3.66. The first-order valence-electron chi connectivity index (χ1n) is 8.24. The summed E-state index contributed by atoms with van der Waals surface area (Å²) in [5.41, 5.74) is 0. The van der Waals surface area contributed by atoms with E-state index in [1.807, 2.05) is 0 Å². The number of likely N-dealkylation sites (N-methyl/N-ethyl adjacent to an activating group) is 1. The van der Waals surface area contributed by atoms with Gasteiger partial charge in [-0.05, 0) is 31.7 Å². The third-order valence-electron chi connectivity index (χ3n) is 5.23. The Morgan fingerprint density at radius 2 is 1.79 bits per heavy atom. The highest BCUT2D eigenvalue weighted by Gasteiger charge is 2.28. The fraction of sp³-hybridized carbons (Fsp3) is 1.00. The lowest BCUT2D eigenvalue weighted by Crippen LogP contribution is -2.54. The molecule has 1 N–H and O–H groups in total. The predicted octanol–water partition coefficient (Wildman–Crippen LogP) is 2.04. The summed E-state index contributed by atoms with van der Waals surface area (Å²) in [4.78, 5) is 5.15. The van der Waals surface area contributed by atoms with Gasteiger partial charge in [-0.1, -0.05) is 27.2 Å². The van der Waals surface area contributed by atoms with Crippen molar-refractivity contribution in [2.45, 2.75) is 52.1 Å². The standard InChI is InChI=1S/C16H33N3/c1-13(2)16(19-10-8-18(4)9-11-19)12-17-15-7-5-6-14(15)3/h13-17H,5-12H2,1-4H3. The van der Waals surface area contributed by atoms with Crippen LogP contribution in [0.5, 0.6) is 0 Å². The van der Waals surface area contributed by atoms with E-state index in [1.165, 1.54) is 52.0 Å². The smallest absolute Gasteiger partial charge is 0.0244 e. The lowest BCUT2D eigenvalue weighted by Gasteiger charge is -2.40. The Hall–Kier alpha value is -0.120. The van der Waals surface area contributed by atoms with Crippen molar-refractivity contribution in [1.82, 2.24) is 15.1 Å². The molecule has 0 radical (unpaired) electrons. The van der Waals surface area contributed by atoms with E-state index in [9.17, 15) is 0 Å². The van der Waals surface area contributed by atoms with Crippen molar-refractivity contribution in [2.24, 2.45) is 11.8 Å². The van der Waals surface area contributed by atoms with Crippen molar-refractivity contribution in [3.63, 3.8) is 0 Å². The topological polar surface area (TPSA) is 18.5 Å². The van der Waals surface area contributed by atoms with Gasteiger partial charge in [-0.25, -0.2) is 0 Å². The molecule has 0 aromatic rings. The number of hydrogen-bond acceptors (Lipinski definition) is 3. The minimum Gasteiger partial charge on any atom is -0.312 e. The van der Waals surface area contributed by atoms with E-state index in [1.54, 1.807) is 0 Å². The van der Waals surface area contributed by atoms with E-state index in [2.05, 4.69) is 42.9 Å². The van der Waals surface area contributed by atoms with Gasteiger partial charge >= 0.3 is 0 Å². The summed E-state index contributed by atoms with van der Waals surface area (Å²) < 4.78 is 0. The Labute approximate surface area is 119 Å². The largest absolute Gasteiger partial charge is 0.312 e. The zero-order valence-electron chi connectivity index (χ0n) is 13.4. The van der Waals surface area contributed by atoms with Gasteiger partial charge in [0.05, 0.1) is 0 Å².